The van der Waals surface area contributed by atoms with E-state index in [4.69, 9.17) is 16.0 Å². The van der Waals surface area contributed by atoms with Gasteiger partial charge in [0, 0.05) is 59.8 Å². The van der Waals surface area contributed by atoms with E-state index in [-0.39, 0.29) is 5.91 Å². The quantitative estimate of drug-likeness (QED) is 0.470. The number of amides is 1. The largest absolute Gasteiger partial charge is 0.456 e. The zero-order chi connectivity index (χ0) is 22.8. The number of aromatic nitrogens is 1. The summed E-state index contributed by atoms with van der Waals surface area (Å²) in [5.41, 5.74) is 6.88. The zero-order valence-electron chi connectivity index (χ0n) is 18.4. The highest BCUT2D eigenvalue weighted by atomic mass is 35.5. The number of carbonyl (C=O) groups excluding carboxylic acids is 1. The van der Waals surface area contributed by atoms with E-state index < -0.39 is 0 Å². The molecule has 0 saturated carbocycles. The van der Waals surface area contributed by atoms with Crippen molar-refractivity contribution in [3.63, 3.8) is 0 Å². The van der Waals surface area contributed by atoms with Crippen molar-refractivity contribution in [1.82, 2.24) is 20.3 Å². The molecule has 0 unspecified atom stereocenters. The Morgan fingerprint density at radius 2 is 1.82 bits per heavy atom. The maximum Gasteiger partial charge on any atom is 0.284 e. The van der Waals surface area contributed by atoms with Crippen LogP contribution in [0.5, 0.6) is 0 Å². The lowest BCUT2D eigenvalue weighted by Crippen LogP contribution is -2.52. The summed E-state index contributed by atoms with van der Waals surface area (Å²) in [7, 11) is 2.08. The number of halogens is 1. The van der Waals surface area contributed by atoms with E-state index in [0.29, 0.717) is 17.1 Å². The molecule has 2 aromatic carbocycles. The fraction of sp³-hybridized carbons (Fsp3) is 0.231. The molecule has 6 nitrogen and oxygen atoms in total. The minimum absolute atomic E-state index is 0.193. The number of piperazine rings is 1. The molecule has 0 radical (unpaired) electrons. The summed E-state index contributed by atoms with van der Waals surface area (Å²) in [5, 5.41) is 3.53. The van der Waals surface area contributed by atoms with Gasteiger partial charge >= 0.3 is 0 Å². The van der Waals surface area contributed by atoms with Crippen molar-refractivity contribution in [2.24, 2.45) is 0 Å². The summed E-state index contributed by atoms with van der Waals surface area (Å²) >= 11 is 6.41. The molecule has 2 aromatic heterocycles. The molecule has 168 valence electrons. The number of hydrogen-bond acceptors (Lipinski definition) is 5. The van der Waals surface area contributed by atoms with Crippen molar-refractivity contribution in [1.29, 1.82) is 0 Å². The summed E-state index contributed by atoms with van der Waals surface area (Å²) < 4.78 is 6.22. The SMILES string of the molecule is CN1CCN(NC(=O)c2cccc(Cc3cc(Cl)cc4cc(-c5ccccc5)oc34)n2)CC1. The lowest BCUT2D eigenvalue weighted by Gasteiger charge is -2.32. The smallest absolute Gasteiger partial charge is 0.284 e. The number of hydrogen-bond donors (Lipinski definition) is 1. The normalized spacial score (nSPS) is 15.1. The van der Waals surface area contributed by atoms with Crippen molar-refractivity contribution in [2.75, 3.05) is 33.2 Å². The maximum absolute atomic E-state index is 12.8. The molecule has 7 heteroatoms. The summed E-state index contributed by atoms with van der Waals surface area (Å²) in [5.74, 6) is 0.601. The van der Waals surface area contributed by atoms with Crippen LogP contribution in [0, 0.1) is 0 Å². The number of nitrogens with one attached hydrogen (secondary N) is 1. The highest BCUT2D eigenvalue weighted by Gasteiger charge is 2.18. The molecule has 5 rings (SSSR count). The van der Waals surface area contributed by atoms with Gasteiger partial charge in [-0.15, -0.1) is 0 Å². The van der Waals surface area contributed by atoms with Gasteiger partial charge in [-0.3, -0.25) is 10.2 Å². The lowest BCUT2D eigenvalue weighted by atomic mass is 10.1. The lowest BCUT2D eigenvalue weighted by molar-refractivity contribution is 0.0657. The van der Waals surface area contributed by atoms with Crippen LogP contribution in [0.1, 0.15) is 21.7 Å². The Kier molecular flexibility index (Phi) is 6.13. The third-order valence-electron chi connectivity index (χ3n) is 5.89. The molecule has 4 aromatic rings. The van der Waals surface area contributed by atoms with Gasteiger partial charge in [-0.1, -0.05) is 48.0 Å². The number of pyridine rings is 1. The van der Waals surface area contributed by atoms with Gasteiger partial charge in [0.15, 0.2) is 0 Å². The molecule has 1 amide bonds. The average Bonchev–Trinajstić information content (AvgIpc) is 3.26. The van der Waals surface area contributed by atoms with Crippen molar-refractivity contribution in [3.05, 3.63) is 88.7 Å². The van der Waals surface area contributed by atoms with E-state index in [2.05, 4.69) is 22.4 Å². The first kappa shape index (κ1) is 21.6. The summed E-state index contributed by atoms with van der Waals surface area (Å²) in [4.78, 5) is 19.6. The van der Waals surface area contributed by atoms with E-state index in [1.165, 1.54) is 0 Å². The Hall–Kier alpha value is -3.19. The minimum atomic E-state index is -0.193. The predicted molar refractivity (Wildman–Crippen MR) is 130 cm³/mol. The van der Waals surface area contributed by atoms with Crippen molar-refractivity contribution >= 4 is 28.5 Å². The molecule has 1 aliphatic heterocycles. The molecular weight excluding hydrogens is 436 g/mol. The van der Waals surface area contributed by atoms with Crippen molar-refractivity contribution < 1.29 is 9.21 Å². The van der Waals surface area contributed by atoms with Crippen molar-refractivity contribution in [3.8, 4) is 11.3 Å². The third-order valence-corrected chi connectivity index (χ3v) is 6.11. The number of benzene rings is 2. The zero-order valence-corrected chi connectivity index (χ0v) is 19.2. The first-order valence-electron chi connectivity index (χ1n) is 11.0. The third kappa shape index (κ3) is 4.93. The molecule has 0 bridgehead atoms. The van der Waals surface area contributed by atoms with Gasteiger partial charge in [0.1, 0.15) is 17.0 Å². The molecule has 1 saturated heterocycles. The highest BCUT2D eigenvalue weighted by molar-refractivity contribution is 6.31. The Balaban J connectivity index is 1.38. The first-order chi connectivity index (χ1) is 16.0. The number of rotatable bonds is 5. The number of fused-ring (bicyclic) bond motifs is 1. The summed E-state index contributed by atoms with van der Waals surface area (Å²) in [6.45, 7) is 3.44. The fourth-order valence-corrected chi connectivity index (χ4v) is 4.33. The second kappa shape index (κ2) is 9.35. The van der Waals surface area contributed by atoms with E-state index in [9.17, 15) is 4.79 Å². The van der Waals surface area contributed by atoms with Crippen LogP contribution in [-0.2, 0) is 6.42 Å². The number of furan rings is 1. The Morgan fingerprint density at radius 1 is 1.03 bits per heavy atom. The number of likely N-dealkylation sites (N-methyl/N-ethyl adjacent to an activating group) is 1. The van der Waals surface area contributed by atoms with E-state index in [1.807, 2.05) is 65.7 Å². The van der Waals surface area contributed by atoms with E-state index in [1.54, 1.807) is 6.07 Å². The van der Waals surface area contributed by atoms with Gasteiger partial charge in [-0.25, -0.2) is 9.99 Å². The minimum Gasteiger partial charge on any atom is -0.456 e. The van der Waals surface area contributed by atoms with Crippen LogP contribution >= 0.6 is 11.6 Å². The monoisotopic (exact) mass is 460 g/mol. The van der Waals surface area contributed by atoms with Crippen LogP contribution in [0.25, 0.3) is 22.3 Å². The molecule has 1 N–H and O–H groups in total. The van der Waals surface area contributed by atoms with Crippen LogP contribution in [0.2, 0.25) is 5.02 Å². The van der Waals surface area contributed by atoms with Gasteiger partial charge in [0.05, 0.1) is 0 Å². The van der Waals surface area contributed by atoms with Gasteiger partial charge < -0.3 is 9.32 Å². The molecule has 1 fully saturated rings. The van der Waals surface area contributed by atoms with Gasteiger partial charge in [0.25, 0.3) is 5.91 Å². The standard InChI is InChI=1S/C26H25ClN4O2/c1-30-10-12-31(13-11-30)29-26(32)23-9-5-8-22(28-23)16-19-14-21(27)15-20-17-24(33-25(19)20)18-6-3-2-4-7-18/h2-9,14-15,17H,10-13,16H2,1H3,(H,29,32). The topological polar surface area (TPSA) is 61.6 Å². The maximum atomic E-state index is 12.8. The average molecular weight is 461 g/mol. The van der Waals surface area contributed by atoms with Crippen LogP contribution < -0.4 is 5.43 Å². The van der Waals surface area contributed by atoms with Crippen LogP contribution in [0.4, 0.5) is 0 Å². The first-order valence-corrected chi connectivity index (χ1v) is 11.4. The second-order valence-corrected chi connectivity index (χ2v) is 8.82. The molecule has 3 heterocycles. The van der Waals surface area contributed by atoms with Crippen LogP contribution in [-0.4, -0.2) is 54.0 Å². The number of hydrazine groups is 1. The van der Waals surface area contributed by atoms with Gasteiger partial charge in [-0.2, -0.15) is 0 Å². The van der Waals surface area contributed by atoms with Gasteiger partial charge in [0.2, 0.25) is 0 Å². The fourth-order valence-electron chi connectivity index (χ4n) is 4.08. The predicted octanol–water partition coefficient (Wildman–Crippen LogP) is 4.63. The Labute approximate surface area is 197 Å². The molecule has 33 heavy (non-hydrogen) atoms. The van der Waals surface area contributed by atoms with Crippen molar-refractivity contribution in [2.45, 2.75) is 6.42 Å². The van der Waals surface area contributed by atoms with Gasteiger partial charge in [-0.05, 0) is 37.4 Å². The molecule has 0 aliphatic carbocycles. The van der Waals surface area contributed by atoms with E-state index >= 15 is 0 Å². The molecule has 1 aliphatic rings. The molecule has 0 atom stereocenters. The Bertz CT molecular complexity index is 1280. The summed E-state index contributed by atoms with van der Waals surface area (Å²) in [6.07, 6.45) is 0.508. The molecular formula is C26H25ClN4O2. The van der Waals surface area contributed by atoms with Crippen LogP contribution in [0.15, 0.2) is 71.1 Å². The Morgan fingerprint density at radius 3 is 2.61 bits per heavy atom. The number of nitrogens with zero attached hydrogens (tertiary/aromatic N) is 3. The molecule has 0 spiro atoms. The van der Waals surface area contributed by atoms with Crippen LogP contribution in [0.3, 0.4) is 0 Å². The number of carbonyl (C=O) groups is 1. The summed E-state index contributed by atoms with van der Waals surface area (Å²) in [6, 6.07) is 21.3. The highest BCUT2D eigenvalue weighted by Crippen LogP contribution is 2.33. The van der Waals surface area contributed by atoms with E-state index in [0.717, 1.165) is 59.7 Å². The second-order valence-electron chi connectivity index (χ2n) is 8.38.